The van der Waals surface area contributed by atoms with E-state index in [1.54, 1.807) is 0 Å². The summed E-state index contributed by atoms with van der Waals surface area (Å²) in [6, 6.07) is 0. The average Bonchev–Trinajstić information content (AvgIpc) is 2.30. The van der Waals surface area contributed by atoms with Crippen LogP contribution in [0.4, 0.5) is 0 Å². The molecule has 0 aliphatic carbocycles. The van der Waals surface area contributed by atoms with Crippen LogP contribution in [-0.2, 0) is 9.59 Å². The van der Waals surface area contributed by atoms with Gasteiger partial charge in [-0.1, -0.05) is 11.6 Å². The quantitative estimate of drug-likeness (QED) is 0.747. The fraction of sp³-hybridized carbons (Fsp3) is 0.375. The van der Waals surface area contributed by atoms with E-state index in [1.165, 1.54) is 6.08 Å². The van der Waals surface area contributed by atoms with Crippen molar-refractivity contribution in [3.05, 3.63) is 11.8 Å². The van der Waals surface area contributed by atoms with Crippen LogP contribution in [0.15, 0.2) is 16.8 Å². The molecule has 0 aromatic heterocycles. The van der Waals surface area contributed by atoms with E-state index in [-0.39, 0.29) is 17.4 Å². The van der Waals surface area contributed by atoms with Crippen LogP contribution in [0.2, 0.25) is 0 Å². The van der Waals surface area contributed by atoms with Gasteiger partial charge in [-0.25, -0.2) is 4.99 Å². The molecule has 0 unspecified atom stereocenters. The van der Waals surface area contributed by atoms with Crippen LogP contribution in [0.5, 0.6) is 0 Å². The first-order chi connectivity index (χ1) is 6.09. The molecule has 4 nitrogen and oxygen atoms in total. The van der Waals surface area contributed by atoms with E-state index in [9.17, 15) is 9.59 Å². The van der Waals surface area contributed by atoms with Gasteiger partial charge in [0.05, 0.1) is 0 Å². The summed E-state index contributed by atoms with van der Waals surface area (Å²) in [5, 5.41) is 8.31. The zero-order chi connectivity index (χ0) is 9.84. The van der Waals surface area contributed by atoms with Gasteiger partial charge in [-0.3, -0.25) is 9.59 Å². The molecular weight excluding hydrogens is 194 g/mol. The van der Waals surface area contributed by atoms with Crippen molar-refractivity contribution in [2.24, 2.45) is 4.99 Å². The summed E-state index contributed by atoms with van der Waals surface area (Å²) in [6.45, 7) is 0. The van der Waals surface area contributed by atoms with Gasteiger partial charge in [0, 0.05) is 18.2 Å². The van der Waals surface area contributed by atoms with E-state index in [0.717, 1.165) is 0 Å². The Morgan fingerprint density at radius 3 is 2.77 bits per heavy atom. The van der Waals surface area contributed by atoms with Gasteiger partial charge in [0.15, 0.2) is 5.17 Å². The van der Waals surface area contributed by atoms with E-state index in [1.807, 2.05) is 0 Å². The average molecular weight is 202 g/mol. The molecule has 0 bridgehead atoms. The second-order valence-corrected chi connectivity index (χ2v) is 3.01. The first-order valence-corrected chi connectivity index (χ1v) is 4.18. The SMILES string of the molecule is O=C(O)CCCC1=CC(=O)C(Cl)=N1. The van der Waals surface area contributed by atoms with Crippen molar-refractivity contribution in [3.8, 4) is 0 Å². The molecule has 1 aliphatic heterocycles. The summed E-state index contributed by atoms with van der Waals surface area (Å²) in [7, 11) is 0. The molecule has 1 heterocycles. The highest BCUT2D eigenvalue weighted by Crippen LogP contribution is 2.16. The molecule has 0 saturated heterocycles. The molecule has 5 heteroatoms. The number of carbonyl (C=O) groups excluding carboxylic acids is 1. The number of allylic oxidation sites excluding steroid dienone is 2. The lowest BCUT2D eigenvalue weighted by atomic mass is 10.2. The van der Waals surface area contributed by atoms with Crippen LogP contribution in [0, 0.1) is 0 Å². The number of aliphatic carboxylic acids is 1. The van der Waals surface area contributed by atoms with Gasteiger partial charge in [-0.2, -0.15) is 0 Å². The van der Waals surface area contributed by atoms with Gasteiger partial charge in [0.25, 0.3) is 0 Å². The maximum absolute atomic E-state index is 10.8. The summed E-state index contributed by atoms with van der Waals surface area (Å²) < 4.78 is 0. The Bertz CT molecular complexity index is 307. The van der Waals surface area contributed by atoms with Gasteiger partial charge in [0.2, 0.25) is 5.78 Å². The largest absolute Gasteiger partial charge is 0.481 e. The van der Waals surface area contributed by atoms with Crippen LogP contribution in [-0.4, -0.2) is 22.0 Å². The van der Waals surface area contributed by atoms with Gasteiger partial charge >= 0.3 is 5.97 Å². The molecule has 1 rings (SSSR count). The number of carboxylic acids is 1. The zero-order valence-corrected chi connectivity index (χ0v) is 7.54. The Labute approximate surface area is 79.9 Å². The van der Waals surface area contributed by atoms with Crippen molar-refractivity contribution in [1.82, 2.24) is 0 Å². The zero-order valence-electron chi connectivity index (χ0n) is 6.79. The molecule has 13 heavy (non-hydrogen) atoms. The molecule has 0 atom stereocenters. The van der Waals surface area contributed by atoms with E-state index < -0.39 is 5.97 Å². The molecule has 0 saturated carbocycles. The van der Waals surface area contributed by atoms with E-state index in [0.29, 0.717) is 18.5 Å². The second-order valence-electron chi connectivity index (χ2n) is 2.65. The van der Waals surface area contributed by atoms with E-state index in [2.05, 4.69) is 4.99 Å². The highest BCUT2D eigenvalue weighted by Gasteiger charge is 2.14. The van der Waals surface area contributed by atoms with Crippen molar-refractivity contribution in [3.63, 3.8) is 0 Å². The monoisotopic (exact) mass is 201 g/mol. The number of ketones is 1. The summed E-state index contributed by atoms with van der Waals surface area (Å²) >= 11 is 5.43. The molecule has 1 aliphatic rings. The summed E-state index contributed by atoms with van der Waals surface area (Å²) in [6.07, 6.45) is 2.37. The van der Waals surface area contributed by atoms with Gasteiger partial charge in [-0.15, -0.1) is 0 Å². The van der Waals surface area contributed by atoms with Crippen LogP contribution < -0.4 is 0 Å². The lowest BCUT2D eigenvalue weighted by Gasteiger charge is -1.94. The number of hydrogen-bond acceptors (Lipinski definition) is 3. The molecule has 0 fully saturated rings. The predicted molar refractivity (Wildman–Crippen MR) is 47.9 cm³/mol. The van der Waals surface area contributed by atoms with Crippen LogP contribution in [0.25, 0.3) is 0 Å². The fourth-order valence-electron chi connectivity index (χ4n) is 0.973. The molecular formula is C8H8ClNO3. The van der Waals surface area contributed by atoms with E-state index >= 15 is 0 Å². The highest BCUT2D eigenvalue weighted by atomic mass is 35.5. The van der Waals surface area contributed by atoms with Crippen molar-refractivity contribution >= 4 is 28.5 Å². The number of halogens is 1. The number of hydrogen-bond donors (Lipinski definition) is 1. The van der Waals surface area contributed by atoms with Gasteiger partial charge in [-0.05, 0) is 12.8 Å². The Morgan fingerprint density at radius 2 is 2.31 bits per heavy atom. The van der Waals surface area contributed by atoms with Crippen LogP contribution in [0.1, 0.15) is 19.3 Å². The third-order valence-corrected chi connectivity index (χ3v) is 1.84. The maximum Gasteiger partial charge on any atom is 0.303 e. The number of aliphatic imine (C=N–C) groups is 1. The molecule has 70 valence electrons. The minimum Gasteiger partial charge on any atom is -0.481 e. The van der Waals surface area contributed by atoms with Crippen molar-refractivity contribution < 1.29 is 14.7 Å². The van der Waals surface area contributed by atoms with Gasteiger partial charge in [0.1, 0.15) is 0 Å². The van der Waals surface area contributed by atoms with Crippen LogP contribution >= 0.6 is 11.6 Å². The molecule has 0 spiro atoms. The third kappa shape index (κ3) is 2.99. The number of carbonyl (C=O) groups is 2. The minimum absolute atomic E-state index is 0.0367. The van der Waals surface area contributed by atoms with Gasteiger partial charge < -0.3 is 5.11 Å². The predicted octanol–water partition coefficient (Wildman–Crippen LogP) is 1.35. The first-order valence-electron chi connectivity index (χ1n) is 3.80. The van der Waals surface area contributed by atoms with Crippen LogP contribution in [0.3, 0.4) is 0 Å². The third-order valence-electron chi connectivity index (χ3n) is 1.57. The Balaban J connectivity index is 2.36. The standard InChI is InChI=1S/C8H8ClNO3/c9-8-6(11)4-5(10-8)2-1-3-7(12)13/h4H,1-3H2,(H,12,13). The van der Waals surface area contributed by atoms with E-state index in [4.69, 9.17) is 16.7 Å². The first kappa shape index (κ1) is 9.92. The number of carboxylic acid groups (broad SMARTS) is 1. The number of rotatable bonds is 4. The Morgan fingerprint density at radius 1 is 1.62 bits per heavy atom. The van der Waals surface area contributed by atoms with Crippen molar-refractivity contribution in [2.75, 3.05) is 0 Å². The highest BCUT2D eigenvalue weighted by molar-refractivity contribution is 6.85. The second kappa shape index (κ2) is 4.18. The lowest BCUT2D eigenvalue weighted by Crippen LogP contribution is -1.96. The normalized spacial score (nSPS) is 15.6. The lowest BCUT2D eigenvalue weighted by molar-refractivity contribution is -0.137. The van der Waals surface area contributed by atoms with Crippen molar-refractivity contribution in [2.45, 2.75) is 19.3 Å². The summed E-state index contributed by atoms with van der Waals surface area (Å²) in [5.41, 5.74) is 0.566. The minimum atomic E-state index is -0.847. The molecule has 0 aromatic rings. The Hall–Kier alpha value is -1.16. The topological polar surface area (TPSA) is 66.7 Å². The summed E-state index contributed by atoms with van der Waals surface area (Å²) in [4.78, 5) is 24.7. The van der Waals surface area contributed by atoms with Crippen molar-refractivity contribution in [1.29, 1.82) is 0 Å². The molecule has 0 aromatic carbocycles. The molecule has 0 radical (unpaired) electrons. The smallest absolute Gasteiger partial charge is 0.303 e. The Kier molecular flexibility index (Phi) is 3.19. The molecule has 0 amide bonds. The fourth-order valence-corrected chi connectivity index (χ4v) is 1.14. The summed E-state index contributed by atoms with van der Waals surface area (Å²) in [5.74, 6) is -1.15. The maximum atomic E-state index is 10.8. The number of nitrogens with zero attached hydrogens (tertiary/aromatic N) is 1. The molecule has 1 N–H and O–H groups in total.